The third-order valence-electron chi connectivity index (χ3n) is 2.43. The Hall–Kier alpha value is -0.420. The van der Waals surface area contributed by atoms with Crippen LogP contribution in [0.2, 0.25) is 0 Å². The molecule has 0 aliphatic carbocycles. The number of rotatable bonds is 3. The summed E-state index contributed by atoms with van der Waals surface area (Å²) >= 11 is 2.01. The fourth-order valence-electron chi connectivity index (χ4n) is 1.61. The van der Waals surface area contributed by atoms with Crippen LogP contribution in [0, 0.1) is 0 Å². The van der Waals surface area contributed by atoms with Crippen LogP contribution in [-0.2, 0) is 0 Å². The van der Waals surface area contributed by atoms with Crippen LogP contribution in [-0.4, -0.2) is 29.0 Å². The molecule has 4 N–H and O–H groups in total. The van der Waals surface area contributed by atoms with Gasteiger partial charge in [-0.05, 0) is 39.4 Å². The summed E-state index contributed by atoms with van der Waals surface area (Å²) in [5.41, 5.74) is 2.60. The van der Waals surface area contributed by atoms with Crippen molar-refractivity contribution in [3.63, 3.8) is 0 Å². The molecule has 0 aromatic carbocycles. The Bertz CT molecular complexity index is 221. The third kappa shape index (κ3) is 4.30. The summed E-state index contributed by atoms with van der Waals surface area (Å²) in [6.07, 6.45) is 2.56. The van der Waals surface area contributed by atoms with Crippen LogP contribution in [0.1, 0.15) is 33.6 Å². The van der Waals surface area contributed by atoms with Crippen molar-refractivity contribution in [1.82, 2.24) is 10.7 Å². The summed E-state index contributed by atoms with van der Waals surface area (Å²) < 4.78 is 0.306. The maximum Gasteiger partial charge on any atom is 0.205 e. The van der Waals surface area contributed by atoms with Gasteiger partial charge in [-0.15, -0.1) is 0 Å². The molecular weight excluding hydrogens is 208 g/mol. The Morgan fingerprint density at radius 3 is 2.80 bits per heavy atom. The maximum atomic E-state index is 5.40. The highest BCUT2D eigenvalue weighted by molar-refractivity contribution is 8.00. The van der Waals surface area contributed by atoms with Gasteiger partial charge in [-0.2, -0.15) is 11.8 Å². The van der Waals surface area contributed by atoms with Crippen molar-refractivity contribution in [1.29, 1.82) is 0 Å². The molecule has 0 radical (unpaired) electrons. The SMILES string of the molecule is CC(C)NC(=NCC1(C)CCCS1)NN. The summed E-state index contributed by atoms with van der Waals surface area (Å²) in [6.45, 7) is 7.24. The molecule has 0 saturated carbocycles. The lowest BCUT2D eigenvalue weighted by molar-refractivity contribution is 0.611. The van der Waals surface area contributed by atoms with Crippen LogP contribution in [0.4, 0.5) is 0 Å². The molecule has 0 aromatic rings. The lowest BCUT2D eigenvalue weighted by Crippen LogP contribution is -2.45. The van der Waals surface area contributed by atoms with Crippen LogP contribution in [0.3, 0.4) is 0 Å². The first-order valence-corrected chi connectivity index (χ1v) is 6.46. The van der Waals surface area contributed by atoms with Crippen molar-refractivity contribution < 1.29 is 0 Å². The van der Waals surface area contributed by atoms with Gasteiger partial charge >= 0.3 is 0 Å². The number of hydrazine groups is 1. The first-order valence-electron chi connectivity index (χ1n) is 5.47. The molecule has 1 aliphatic heterocycles. The first-order chi connectivity index (χ1) is 7.06. The Labute approximate surface area is 96.4 Å². The average Bonchev–Trinajstić information content (AvgIpc) is 2.60. The molecule has 4 nitrogen and oxygen atoms in total. The molecule has 88 valence electrons. The fraction of sp³-hybridized carbons (Fsp3) is 0.900. The van der Waals surface area contributed by atoms with E-state index in [2.05, 4.69) is 36.5 Å². The maximum absolute atomic E-state index is 5.40. The molecule has 0 bridgehead atoms. The minimum absolute atomic E-state index is 0.306. The van der Waals surface area contributed by atoms with Crippen molar-refractivity contribution in [2.24, 2.45) is 10.8 Å². The van der Waals surface area contributed by atoms with Crippen molar-refractivity contribution in [2.45, 2.75) is 44.4 Å². The van der Waals surface area contributed by atoms with E-state index in [9.17, 15) is 0 Å². The summed E-state index contributed by atoms with van der Waals surface area (Å²) in [5, 5.41) is 3.18. The zero-order valence-electron chi connectivity index (χ0n) is 9.84. The van der Waals surface area contributed by atoms with E-state index in [0.717, 1.165) is 6.54 Å². The molecule has 1 atom stereocenters. The second kappa shape index (κ2) is 5.61. The normalized spacial score (nSPS) is 27.1. The standard InChI is InChI=1S/C10H22N4S/c1-8(2)13-9(14-11)12-7-10(3)5-4-6-15-10/h8H,4-7,11H2,1-3H3,(H2,12,13,14). The van der Waals surface area contributed by atoms with E-state index in [4.69, 9.17) is 5.84 Å². The van der Waals surface area contributed by atoms with Crippen LogP contribution in [0.25, 0.3) is 0 Å². The number of nitrogens with two attached hydrogens (primary N) is 1. The average molecular weight is 230 g/mol. The van der Waals surface area contributed by atoms with E-state index in [1.807, 2.05) is 11.8 Å². The largest absolute Gasteiger partial charge is 0.353 e. The predicted molar refractivity (Wildman–Crippen MR) is 68.0 cm³/mol. The molecule has 0 spiro atoms. The second-order valence-electron chi connectivity index (χ2n) is 4.51. The van der Waals surface area contributed by atoms with Gasteiger partial charge in [0.15, 0.2) is 0 Å². The number of nitrogens with one attached hydrogen (secondary N) is 2. The zero-order valence-corrected chi connectivity index (χ0v) is 10.7. The molecule has 1 unspecified atom stereocenters. The molecular formula is C10H22N4S. The van der Waals surface area contributed by atoms with Crippen molar-refractivity contribution >= 4 is 17.7 Å². The Kier molecular flexibility index (Phi) is 4.73. The van der Waals surface area contributed by atoms with E-state index in [-0.39, 0.29) is 0 Å². The number of aliphatic imine (C=N–C) groups is 1. The summed E-state index contributed by atoms with van der Waals surface area (Å²) in [7, 11) is 0. The number of hydrogen-bond donors (Lipinski definition) is 3. The highest BCUT2D eigenvalue weighted by Crippen LogP contribution is 2.37. The highest BCUT2D eigenvalue weighted by atomic mass is 32.2. The predicted octanol–water partition coefficient (Wildman–Crippen LogP) is 1.09. The summed E-state index contributed by atoms with van der Waals surface area (Å²) in [6, 6.07) is 0.351. The molecule has 15 heavy (non-hydrogen) atoms. The molecule has 5 heteroatoms. The molecule has 1 saturated heterocycles. The number of nitrogens with zero attached hydrogens (tertiary/aromatic N) is 1. The molecule has 1 fully saturated rings. The van der Waals surface area contributed by atoms with Gasteiger partial charge in [-0.25, -0.2) is 5.84 Å². The number of hydrogen-bond acceptors (Lipinski definition) is 3. The first kappa shape index (κ1) is 12.6. The van der Waals surface area contributed by atoms with E-state index in [1.165, 1.54) is 18.6 Å². The topological polar surface area (TPSA) is 62.4 Å². The van der Waals surface area contributed by atoms with Gasteiger partial charge in [0.1, 0.15) is 0 Å². The van der Waals surface area contributed by atoms with Gasteiger partial charge in [0.25, 0.3) is 0 Å². The van der Waals surface area contributed by atoms with E-state index in [0.29, 0.717) is 16.7 Å². The van der Waals surface area contributed by atoms with Gasteiger partial charge in [-0.1, -0.05) is 0 Å². The van der Waals surface area contributed by atoms with E-state index in [1.54, 1.807) is 0 Å². The Morgan fingerprint density at radius 1 is 1.60 bits per heavy atom. The van der Waals surface area contributed by atoms with Crippen LogP contribution in [0.15, 0.2) is 4.99 Å². The zero-order chi connectivity index (χ0) is 11.3. The monoisotopic (exact) mass is 230 g/mol. The molecule has 0 amide bonds. The smallest absolute Gasteiger partial charge is 0.205 e. The number of guanidine groups is 1. The van der Waals surface area contributed by atoms with Crippen LogP contribution in [0.5, 0.6) is 0 Å². The third-order valence-corrected chi connectivity index (χ3v) is 3.96. The van der Waals surface area contributed by atoms with Crippen LogP contribution >= 0.6 is 11.8 Å². The Balaban J connectivity index is 2.45. The summed E-state index contributed by atoms with van der Waals surface area (Å²) in [4.78, 5) is 4.48. The minimum Gasteiger partial charge on any atom is -0.353 e. The molecule has 0 aromatic heterocycles. The van der Waals surface area contributed by atoms with Gasteiger partial charge in [-0.3, -0.25) is 10.4 Å². The lowest BCUT2D eigenvalue weighted by Gasteiger charge is -2.21. The molecule has 1 rings (SSSR count). The van der Waals surface area contributed by atoms with Crippen LogP contribution < -0.4 is 16.6 Å². The van der Waals surface area contributed by atoms with Gasteiger partial charge < -0.3 is 5.32 Å². The summed E-state index contributed by atoms with van der Waals surface area (Å²) in [5.74, 6) is 7.35. The second-order valence-corrected chi connectivity index (χ2v) is 6.19. The van der Waals surface area contributed by atoms with Gasteiger partial charge in [0, 0.05) is 10.8 Å². The highest BCUT2D eigenvalue weighted by Gasteiger charge is 2.29. The van der Waals surface area contributed by atoms with Crippen molar-refractivity contribution in [3.05, 3.63) is 0 Å². The van der Waals surface area contributed by atoms with Crippen molar-refractivity contribution in [3.8, 4) is 0 Å². The fourth-order valence-corrected chi connectivity index (χ4v) is 2.84. The molecule has 1 heterocycles. The quantitative estimate of drug-likeness (QED) is 0.294. The van der Waals surface area contributed by atoms with Gasteiger partial charge in [0.2, 0.25) is 5.96 Å². The van der Waals surface area contributed by atoms with E-state index < -0.39 is 0 Å². The molecule has 1 aliphatic rings. The van der Waals surface area contributed by atoms with E-state index >= 15 is 0 Å². The number of thioether (sulfide) groups is 1. The van der Waals surface area contributed by atoms with Gasteiger partial charge in [0.05, 0.1) is 6.54 Å². The minimum atomic E-state index is 0.306. The lowest BCUT2D eigenvalue weighted by atomic mass is 10.1. The Morgan fingerprint density at radius 2 is 2.33 bits per heavy atom. The van der Waals surface area contributed by atoms with Crippen molar-refractivity contribution in [2.75, 3.05) is 12.3 Å².